The first-order valence-corrected chi connectivity index (χ1v) is 12.8. The highest BCUT2D eigenvalue weighted by Crippen LogP contribution is 2.38. The number of piperidine rings is 1. The lowest BCUT2D eigenvalue weighted by Crippen LogP contribution is -2.53. The Morgan fingerprint density at radius 1 is 0.972 bits per heavy atom. The zero-order chi connectivity index (χ0) is 24.9. The second-order valence-electron chi connectivity index (χ2n) is 9.89. The number of nitrogens with zero attached hydrogens (tertiary/aromatic N) is 1. The predicted molar refractivity (Wildman–Crippen MR) is 150 cm³/mol. The molecule has 1 aliphatic rings. The number of aliphatic hydroxyl groups is 1. The highest BCUT2D eigenvalue weighted by molar-refractivity contribution is 6.30. The SMILES string of the molecule is CC(=O)NC(CCC(C)(c1ccccc1)c1ccccc1)N1CCC(O)(c2ccc(Cl)cc2)CC1.Cl. The molecule has 0 saturated carbocycles. The lowest BCUT2D eigenvalue weighted by molar-refractivity contribution is -0.121. The average molecular weight is 528 g/mol. The molecular weight excluding hydrogens is 491 g/mol. The Morgan fingerprint density at radius 2 is 1.47 bits per heavy atom. The number of hydrogen-bond acceptors (Lipinski definition) is 3. The molecule has 6 heteroatoms. The second kappa shape index (κ2) is 12.2. The third-order valence-electron chi connectivity index (χ3n) is 7.56. The number of rotatable bonds is 8. The molecule has 1 fully saturated rings. The average Bonchev–Trinajstić information content (AvgIpc) is 2.88. The molecule has 0 aliphatic carbocycles. The van der Waals surface area contributed by atoms with Gasteiger partial charge in [-0.05, 0) is 54.5 Å². The topological polar surface area (TPSA) is 52.6 Å². The van der Waals surface area contributed by atoms with Gasteiger partial charge in [0.15, 0.2) is 0 Å². The van der Waals surface area contributed by atoms with Gasteiger partial charge in [-0.3, -0.25) is 9.69 Å². The molecule has 4 nitrogen and oxygen atoms in total. The van der Waals surface area contributed by atoms with Gasteiger partial charge in [-0.2, -0.15) is 0 Å². The van der Waals surface area contributed by atoms with E-state index in [1.165, 1.54) is 11.1 Å². The molecule has 1 unspecified atom stereocenters. The lowest BCUT2D eigenvalue weighted by atomic mass is 9.72. The van der Waals surface area contributed by atoms with Gasteiger partial charge in [-0.25, -0.2) is 0 Å². The molecule has 4 rings (SSSR count). The van der Waals surface area contributed by atoms with Gasteiger partial charge in [-0.1, -0.05) is 91.3 Å². The van der Waals surface area contributed by atoms with Gasteiger partial charge in [0.1, 0.15) is 0 Å². The number of benzene rings is 3. The van der Waals surface area contributed by atoms with Crippen LogP contribution in [0.15, 0.2) is 84.9 Å². The van der Waals surface area contributed by atoms with Crippen LogP contribution < -0.4 is 5.32 Å². The first-order chi connectivity index (χ1) is 16.8. The van der Waals surface area contributed by atoms with Crippen LogP contribution in [0, 0.1) is 0 Å². The van der Waals surface area contributed by atoms with Crippen molar-refractivity contribution in [1.29, 1.82) is 0 Å². The zero-order valence-electron chi connectivity index (χ0n) is 21.0. The number of halogens is 2. The van der Waals surface area contributed by atoms with Crippen molar-refractivity contribution in [3.8, 4) is 0 Å². The minimum absolute atomic E-state index is 0. The maximum absolute atomic E-state index is 12.1. The van der Waals surface area contributed by atoms with E-state index in [4.69, 9.17) is 11.6 Å². The van der Waals surface area contributed by atoms with Crippen molar-refractivity contribution in [2.24, 2.45) is 0 Å². The summed E-state index contributed by atoms with van der Waals surface area (Å²) in [6, 6.07) is 28.7. The van der Waals surface area contributed by atoms with E-state index in [-0.39, 0.29) is 29.9 Å². The molecule has 1 saturated heterocycles. The molecule has 0 bridgehead atoms. The van der Waals surface area contributed by atoms with Gasteiger partial charge in [0.05, 0.1) is 11.8 Å². The fraction of sp³-hybridized carbons (Fsp3) is 0.367. The van der Waals surface area contributed by atoms with Crippen LogP contribution in [0.25, 0.3) is 0 Å². The monoisotopic (exact) mass is 526 g/mol. The van der Waals surface area contributed by atoms with Gasteiger partial charge in [0.25, 0.3) is 0 Å². The number of hydrogen-bond donors (Lipinski definition) is 2. The van der Waals surface area contributed by atoms with Crippen LogP contribution in [0.3, 0.4) is 0 Å². The summed E-state index contributed by atoms with van der Waals surface area (Å²) in [6.07, 6.45) is 2.82. The van der Waals surface area contributed by atoms with Crippen molar-refractivity contribution < 1.29 is 9.90 Å². The van der Waals surface area contributed by atoms with E-state index in [0.717, 1.165) is 18.4 Å². The van der Waals surface area contributed by atoms with Gasteiger partial charge in [0, 0.05) is 30.5 Å². The van der Waals surface area contributed by atoms with Crippen LogP contribution >= 0.6 is 24.0 Å². The first kappa shape index (κ1) is 28.2. The Labute approximate surface area is 226 Å². The molecule has 1 atom stereocenters. The Bertz CT molecular complexity index is 1060. The summed E-state index contributed by atoms with van der Waals surface area (Å²) in [5.41, 5.74) is 2.38. The molecular formula is C30H36Cl2N2O2. The molecule has 36 heavy (non-hydrogen) atoms. The van der Waals surface area contributed by atoms with Crippen molar-refractivity contribution in [3.63, 3.8) is 0 Å². The predicted octanol–water partition coefficient (Wildman–Crippen LogP) is 6.29. The smallest absolute Gasteiger partial charge is 0.218 e. The van der Waals surface area contributed by atoms with Crippen molar-refractivity contribution >= 4 is 29.9 Å². The van der Waals surface area contributed by atoms with Crippen LogP contribution in [-0.4, -0.2) is 35.2 Å². The molecule has 1 aliphatic heterocycles. The zero-order valence-corrected chi connectivity index (χ0v) is 22.6. The van der Waals surface area contributed by atoms with E-state index in [0.29, 0.717) is 31.0 Å². The quantitative estimate of drug-likeness (QED) is 0.362. The minimum Gasteiger partial charge on any atom is -0.385 e. The standard InChI is InChI=1S/C30H35ClN2O2.ClH/c1-23(34)32-28(33-21-19-30(35,20-22-33)26-13-15-27(31)16-14-26)17-18-29(2,24-9-5-3-6-10-24)25-11-7-4-8-12-25;/h3-16,28,35H,17-22H2,1-2H3,(H,32,34);1H. The van der Waals surface area contributed by atoms with E-state index >= 15 is 0 Å². The number of carbonyl (C=O) groups excluding carboxylic acids is 1. The highest BCUT2D eigenvalue weighted by Gasteiger charge is 2.37. The largest absolute Gasteiger partial charge is 0.385 e. The van der Waals surface area contributed by atoms with E-state index in [1.807, 2.05) is 36.4 Å². The Hall–Kier alpha value is -2.37. The Morgan fingerprint density at radius 3 is 1.94 bits per heavy atom. The van der Waals surface area contributed by atoms with Crippen LogP contribution in [0.5, 0.6) is 0 Å². The summed E-state index contributed by atoms with van der Waals surface area (Å²) in [5, 5.41) is 15.2. The molecule has 0 aromatic heterocycles. The van der Waals surface area contributed by atoms with Crippen molar-refractivity contribution in [3.05, 3.63) is 107 Å². The van der Waals surface area contributed by atoms with E-state index < -0.39 is 5.60 Å². The summed E-state index contributed by atoms with van der Waals surface area (Å²) in [7, 11) is 0. The van der Waals surface area contributed by atoms with E-state index in [9.17, 15) is 9.90 Å². The maximum atomic E-state index is 12.1. The number of carbonyl (C=O) groups is 1. The van der Waals surface area contributed by atoms with Crippen LogP contribution in [-0.2, 0) is 15.8 Å². The summed E-state index contributed by atoms with van der Waals surface area (Å²) in [4.78, 5) is 14.5. The highest BCUT2D eigenvalue weighted by atomic mass is 35.5. The first-order valence-electron chi connectivity index (χ1n) is 12.4. The molecule has 1 amide bonds. The second-order valence-corrected chi connectivity index (χ2v) is 10.3. The summed E-state index contributed by atoms with van der Waals surface area (Å²) >= 11 is 6.04. The Kier molecular flexibility index (Phi) is 9.59. The van der Waals surface area contributed by atoms with Crippen LogP contribution in [0.2, 0.25) is 5.02 Å². The van der Waals surface area contributed by atoms with Gasteiger partial charge < -0.3 is 10.4 Å². The van der Waals surface area contributed by atoms with Gasteiger partial charge in [0.2, 0.25) is 5.91 Å². The third kappa shape index (κ3) is 6.49. The summed E-state index contributed by atoms with van der Waals surface area (Å²) in [5.74, 6) is -0.0327. The molecule has 192 valence electrons. The van der Waals surface area contributed by atoms with E-state index in [1.54, 1.807) is 6.92 Å². The minimum atomic E-state index is -0.871. The summed E-state index contributed by atoms with van der Waals surface area (Å²) < 4.78 is 0. The van der Waals surface area contributed by atoms with Crippen molar-refractivity contribution in [2.75, 3.05) is 13.1 Å². The Balaban J connectivity index is 0.00000361. The van der Waals surface area contributed by atoms with Gasteiger partial charge in [-0.15, -0.1) is 12.4 Å². The normalized spacial score (nSPS) is 16.6. The molecule has 0 spiro atoms. The number of nitrogens with one attached hydrogen (secondary N) is 1. The summed E-state index contributed by atoms with van der Waals surface area (Å²) in [6.45, 7) is 5.28. The van der Waals surface area contributed by atoms with Crippen LogP contribution in [0.4, 0.5) is 0 Å². The van der Waals surface area contributed by atoms with Crippen LogP contribution in [0.1, 0.15) is 56.2 Å². The van der Waals surface area contributed by atoms with Gasteiger partial charge >= 0.3 is 0 Å². The molecule has 0 radical (unpaired) electrons. The number of likely N-dealkylation sites (tertiary alicyclic amines) is 1. The molecule has 1 heterocycles. The number of amides is 1. The fourth-order valence-electron chi connectivity index (χ4n) is 5.33. The third-order valence-corrected chi connectivity index (χ3v) is 7.81. The molecule has 3 aromatic carbocycles. The van der Waals surface area contributed by atoms with Crippen molar-refractivity contribution in [1.82, 2.24) is 10.2 Å². The van der Waals surface area contributed by atoms with E-state index in [2.05, 4.69) is 65.7 Å². The molecule has 2 N–H and O–H groups in total. The molecule has 3 aromatic rings. The van der Waals surface area contributed by atoms with Crippen molar-refractivity contribution in [2.45, 2.75) is 56.7 Å². The fourth-order valence-corrected chi connectivity index (χ4v) is 5.45. The lowest BCUT2D eigenvalue weighted by Gasteiger charge is -2.43. The maximum Gasteiger partial charge on any atom is 0.218 e.